The average molecular weight is 517 g/mol. The molecule has 1 amide bonds. The van der Waals surface area contributed by atoms with Crippen LogP contribution < -0.4 is 21.1 Å². The van der Waals surface area contributed by atoms with Crippen molar-refractivity contribution < 1.29 is 9.53 Å². The Bertz CT molecular complexity index is 660. The third-order valence-electron chi connectivity index (χ3n) is 5.30. The molecular weight excluding hydrogens is 481 g/mol. The van der Waals surface area contributed by atoms with Crippen LogP contribution in [-0.4, -0.2) is 57.1 Å². The first-order valence-electron chi connectivity index (χ1n) is 10.1. The van der Waals surface area contributed by atoms with Crippen LogP contribution in [0.5, 0.6) is 5.75 Å². The van der Waals surface area contributed by atoms with Crippen LogP contribution in [0.2, 0.25) is 0 Å². The Morgan fingerprint density at radius 3 is 2.62 bits per heavy atom. The molecule has 164 valence electrons. The van der Waals surface area contributed by atoms with Crippen molar-refractivity contribution in [2.45, 2.75) is 39.2 Å². The van der Waals surface area contributed by atoms with Gasteiger partial charge in [-0.3, -0.25) is 9.79 Å². The highest BCUT2D eigenvalue weighted by Crippen LogP contribution is 2.19. The number of methoxy groups -OCH3 is 1. The number of hydrogen-bond acceptors (Lipinski definition) is 4. The molecule has 0 saturated carbocycles. The number of carbonyl (C=O) groups excluding carboxylic acids is 1. The van der Waals surface area contributed by atoms with E-state index in [0.717, 1.165) is 69.1 Å². The van der Waals surface area contributed by atoms with Gasteiger partial charge in [0.05, 0.1) is 7.11 Å². The Hall–Kier alpha value is -1.55. The van der Waals surface area contributed by atoms with Crippen LogP contribution in [0.1, 0.15) is 36.8 Å². The SMILES string of the molecule is CN=C(NCCCCN1CCC(C(N)=O)CC1)NCc1ccc(C)cc1OC.I. The molecule has 0 unspecified atom stereocenters. The van der Waals surface area contributed by atoms with Gasteiger partial charge in [0.15, 0.2) is 5.96 Å². The summed E-state index contributed by atoms with van der Waals surface area (Å²) in [5.41, 5.74) is 7.68. The predicted octanol–water partition coefficient (Wildman–Crippen LogP) is 2.26. The minimum absolute atomic E-state index is 0. The van der Waals surface area contributed by atoms with E-state index in [1.807, 2.05) is 6.07 Å². The number of benzene rings is 1. The van der Waals surface area contributed by atoms with Crippen LogP contribution >= 0.6 is 24.0 Å². The summed E-state index contributed by atoms with van der Waals surface area (Å²) in [4.78, 5) is 17.9. The molecule has 0 radical (unpaired) electrons. The van der Waals surface area contributed by atoms with E-state index in [4.69, 9.17) is 10.5 Å². The van der Waals surface area contributed by atoms with Crippen LogP contribution in [0, 0.1) is 12.8 Å². The van der Waals surface area contributed by atoms with E-state index in [1.165, 1.54) is 5.56 Å². The topological polar surface area (TPSA) is 92.0 Å². The molecule has 1 aromatic rings. The molecule has 2 rings (SSSR count). The minimum atomic E-state index is -0.147. The van der Waals surface area contributed by atoms with Crippen molar-refractivity contribution in [3.63, 3.8) is 0 Å². The number of guanidine groups is 1. The Balaban J connectivity index is 0.00000420. The highest BCUT2D eigenvalue weighted by atomic mass is 127. The van der Waals surface area contributed by atoms with Crippen LogP contribution in [0.3, 0.4) is 0 Å². The molecule has 0 bridgehead atoms. The highest BCUT2D eigenvalue weighted by molar-refractivity contribution is 14.0. The van der Waals surface area contributed by atoms with Crippen LogP contribution in [0.4, 0.5) is 0 Å². The molecule has 0 atom stereocenters. The predicted molar refractivity (Wildman–Crippen MR) is 129 cm³/mol. The number of likely N-dealkylation sites (tertiary alicyclic amines) is 1. The fourth-order valence-corrected chi connectivity index (χ4v) is 3.51. The lowest BCUT2D eigenvalue weighted by molar-refractivity contribution is -0.123. The number of halogens is 1. The fraction of sp³-hybridized carbons (Fsp3) is 0.619. The molecular formula is C21H36IN5O2. The number of unbranched alkanes of at least 4 members (excludes halogenated alkanes) is 1. The van der Waals surface area contributed by atoms with Crippen molar-refractivity contribution in [1.29, 1.82) is 0 Å². The van der Waals surface area contributed by atoms with Gasteiger partial charge in [0.2, 0.25) is 5.91 Å². The summed E-state index contributed by atoms with van der Waals surface area (Å²) in [6.07, 6.45) is 3.99. The number of rotatable bonds is 9. The molecule has 8 heteroatoms. The first-order chi connectivity index (χ1) is 13.5. The standard InChI is InChI=1S/C21H35N5O2.HI/c1-16-6-7-18(19(14-16)28-3)15-25-21(23-2)24-10-4-5-11-26-12-8-17(9-13-26)20(22)27;/h6-7,14,17H,4-5,8-13,15H2,1-3H3,(H2,22,27)(H2,23,24,25);1H. The van der Waals surface area contributed by atoms with Gasteiger partial charge in [-0.15, -0.1) is 24.0 Å². The highest BCUT2D eigenvalue weighted by Gasteiger charge is 2.22. The van der Waals surface area contributed by atoms with Gasteiger partial charge in [-0.25, -0.2) is 0 Å². The van der Waals surface area contributed by atoms with Crippen LogP contribution in [0.15, 0.2) is 23.2 Å². The minimum Gasteiger partial charge on any atom is -0.496 e. The molecule has 0 aromatic heterocycles. The zero-order valence-electron chi connectivity index (χ0n) is 17.9. The fourth-order valence-electron chi connectivity index (χ4n) is 3.51. The first kappa shape index (κ1) is 25.5. The van der Waals surface area contributed by atoms with Crippen molar-refractivity contribution in [3.05, 3.63) is 29.3 Å². The van der Waals surface area contributed by atoms with Crippen molar-refractivity contribution in [2.24, 2.45) is 16.6 Å². The van der Waals surface area contributed by atoms with Gasteiger partial charge in [0.1, 0.15) is 5.75 Å². The third-order valence-corrected chi connectivity index (χ3v) is 5.30. The summed E-state index contributed by atoms with van der Waals surface area (Å²) in [5.74, 6) is 1.61. The lowest BCUT2D eigenvalue weighted by Crippen LogP contribution is -2.39. The van der Waals surface area contributed by atoms with Gasteiger partial charge in [-0.05, 0) is 63.9 Å². The Labute approximate surface area is 191 Å². The molecule has 1 aromatic carbocycles. The average Bonchev–Trinajstić information content (AvgIpc) is 2.71. The van der Waals surface area contributed by atoms with Crippen molar-refractivity contribution >= 4 is 35.8 Å². The van der Waals surface area contributed by atoms with Gasteiger partial charge in [0.25, 0.3) is 0 Å². The number of nitrogens with two attached hydrogens (primary N) is 1. The van der Waals surface area contributed by atoms with Gasteiger partial charge in [-0.2, -0.15) is 0 Å². The van der Waals surface area contributed by atoms with Crippen molar-refractivity contribution in [1.82, 2.24) is 15.5 Å². The maximum atomic E-state index is 11.2. The number of primary amides is 1. The molecule has 4 N–H and O–H groups in total. The summed E-state index contributed by atoms with van der Waals surface area (Å²) >= 11 is 0. The second kappa shape index (κ2) is 13.6. The first-order valence-corrected chi connectivity index (χ1v) is 10.1. The number of aryl methyl sites for hydroxylation is 1. The van der Waals surface area contributed by atoms with Crippen LogP contribution in [0.25, 0.3) is 0 Å². The normalized spacial score (nSPS) is 15.5. The van der Waals surface area contributed by atoms with Gasteiger partial charge in [0, 0.05) is 31.6 Å². The summed E-state index contributed by atoms with van der Waals surface area (Å²) in [6, 6.07) is 6.21. The monoisotopic (exact) mass is 517 g/mol. The summed E-state index contributed by atoms with van der Waals surface area (Å²) in [5, 5.41) is 6.71. The molecule has 0 spiro atoms. The lowest BCUT2D eigenvalue weighted by Gasteiger charge is -2.30. The Morgan fingerprint density at radius 1 is 1.28 bits per heavy atom. The molecule has 7 nitrogen and oxygen atoms in total. The lowest BCUT2D eigenvalue weighted by atomic mass is 9.96. The molecule has 1 saturated heterocycles. The zero-order chi connectivity index (χ0) is 20.4. The number of hydrogen-bond donors (Lipinski definition) is 3. The molecule has 1 aliphatic rings. The largest absolute Gasteiger partial charge is 0.496 e. The number of aliphatic imine (C=N–C) groups is 1. The summed E-state index contributed by atoms with van der Waals surface area (Å²) < 4.78 is 5.45. The van der Waals surface area contributed by atoms with Gasteiger partial charge >= 0.3 is 0 Å². The maximum Gasteiger partial charge on any atom is 0.220 e. The number of ether oxygens (including phenoxy) is 1. The molecule has 1 fully saturated rings. The van der Waals surface area contributed by atoms with E-state index in [0.29, 0.717) is 6.54 Å². The molecule has 29 heavy (non-hydrogen) atoms. The van der Waals surface area contributed by atoms with E-state index in [1.54, 1.807) is 14.2 Å². The third kappa shape index (κ3) is 8.77. The van der Waals surface area contributed by atoms with Crippen LogP contribution in [-0.2, 0) is 11.3 Å². The zero-order valence-corrected chi connectivity index (χ0v) is 20.2. The second-order valence-corrected chi connectivity index (χ2v) is 7.39. The summed E-state index contributed by atoms with van der Waals surface area (Å²) in [7, 11) is 3.48. The molecule has 1 aliphatic heterocycles. The quantitative estimate of drug-likeness (QED) is 0.202. The van der Waals surface area contributed by atoms with Crippen molar-refractivity contribution in [3.8, 4) is 5.75 Å². The van der Waals surface area contributed by atoms with E-state index in [9.17, 15) is 4.79 Å². The van der Waals surface area contributed by atoms with E-state index in [2.05, 4.69) is 39.6 Å². The number of carbonyl (C=O) groups is 1. The van der Waals surface area contributed by atoms with E-state index >= 15 is 0 Å². The second-order valence-electron chi connectivity index (χ2n) is 7.39. The molecule has 1 heterocycles. The smallest absolute Gasteiger partial charge is 0.220 e. The number of nitrogens with one attached hydrogen (secondary N) is 2. The van der Waals surface area contributed by atoms with E-state index in [-0.39, 0.29) is 35.8 Å². The molecule has 0 aliphatic carbocycles. The number of piperidine rings is 1. The number of amides is 1. The number of nitrogens with zero attached hydrogens (tertiary/aromatic N) is 2. The van der Waals surface area contributed by atoms with E-state index < -0.39 is 0 Å². The Kier molecular flexibility index (Phi) is 12.0. The summed E-state index contributed by atoms with van der Waals surface area (Å²) in [6.45, 7) is 6.62. The van der Waals surface area contributed by atoms with Gasteiger partial charge < -0.3 is 26.0 Å². The van der Waals surface area contributed by atoms with Gasteiger partial charge in [-0.1, -0.05) is 12.1 Å². The maximum absolute atomic E-state index is 11.2. The van der Waals surface area contributed by atoms with Crippen molar-refractivity contribution in [2.75, 3.05) is 40.3 Å². The Morgan fingerprint density at radius 2 is 2.00 bits per heavy atom.